The van der Waals surface area contributed by atoms with Crippen molar-refractivity contribution >= 4 is 15.9 Å². The van der Waals surface area contributed by atoms with E-state index in [1.54, 1.807) is 0 Å². The van der Waals surface area contributed by atoms with Gasteiger partial charge >= 0.3 is 0 Å². The van der Waals surface area contributed by atoms with Crippen molar-refractivity contribution < 1.29 is 4.74 Å². The Labute approximate surface area is 111 Å². The van der Waals surface area contributed by atoms with Gasteiger partial charge in [0.05, 0.1) is 28.9 Å². The van der Waals surface area contributed by atoms with E-state index in [-0.39, 0.29) is 5.60 Å². The van der Waals surface area contributed by atoms with Crippen LogP contribution >= 0.6 is 15.9 Å². The molecule has 0 bridgehead atoms. The van der Waals surface area contributed by atoms with Crippen molar-refractivity contribution in [2.75, 3.05) is 0 Å². The Hall–Kier alpha value is -0.350. The first-order valence-electron chi connectivity index (χ1n) is 6.62. The van der Waals surface area contributed by atoms with Gasteiger partial charge in [-0.25, -0.2) is 0 Å². The van der Waals surface area contributed by atoms with E-state index in [9.17, 15) is 0 Å². The van der Waals surface area contributed by atoms with E-state index < -0.39 is 0 Å². The van der Waals surface area contributed by atoms with Crippen molar-refractivity contribution in [3.63, 3.8) is 0 Å². The summed E-state index contributed by atoms with van der Waals surface area (Å²) in [7, 11) is 0. The number of ether oxygens (including phenoxy) is 1. The quantitative estimate of drug-likeness (QED) is 0.835. The zero-order valence-corrected chi connectivity index (χ0v) is 11.7. The first-order chi connectivity index (χ1) is 8.26. The molecule has 1 spiro atoms. The van der Waals surface area contributed by atoms with Crippen LogP contribution in [-0.4, -0.2) is 21.5 Å². The van der Waals surface area contributed by atoms with E-state index in [2.05, 4.69) is 21.0 Å². The highest BCUT2D eigenvalue weighted by atomic mass is 79.9. The number of aromatic nitrogens is 2. The third kappa shape index (κ3) is 2.58. The Morgan fingerprint density at radius 1 is 1.35 bits per heavy atom. The topological polar surface area (TPSA) is 27.1 Å². The van der Waals surface area contributed by atoms with E-state index in [1.165, 1.54) is 44.9 Å². The first-order valence-corrected chi connectivity index (χ1v) is 7.41. The van der Waals surface area contributed by atoms with Crippen LogP contribution in [0.4, 0.5) is 0 Å². The van der Waals surface area contributed by atoms with E-state index >= 15 is 0 Å². The maximum absolute atomic E-state index is 6.33. The largest absolute Gasteiger partial charge is 0.370 e. The fourth-order valence-electron chi connectivity index (χ4n) is 3.23. The lowest BCUT2D eigenvalue weighted by Gasteiger charge is -2.33. The Kier molecular flexibility index (Phi) is 3.26. The van der Waals surface area contributed by atoms with Crippen LogP contribution in [0.3, 0.4) is 0 Å². The SMILES string of the molecule is Brc1cnn(CC2CCC3(CCCCC3)O2)c1. The number of nitrogens with zero attached hydrogens (tertiary/aromatic N) is 2. The molecule has 3 rings (SSSR count). The monoisotopic (exact) mass is 298 g/mol. The predicted octanol–water partition coefficient (Wildman–Crippen LogP) is 3.53. The summed E-state index contributed by atoms with van der Waals surface area (Å²) >= 11 is 3.43. The molecule has 0 amide bonds. The maximum atomic E-state index is 6.33. The van der Waals surface area contributed by atoms with Crippen molar-refractivity contribution in [2.24, 2.45) is 0 Å². The van der Waals surface area contributed by atoms with Gasteiger partial charge in [0, 0.05) is 6.20 Å². The lowest BCUT2D eigenvalue weighted by atomic mass is 9.83. The summed E-state index contributed by atoms with van der Waals surface area (Å²) in [5.41, 5.74) is 0.229. The highest BCUT2D eigenvalue weighted by Crippen LogP contribution is 2.42. The molecule has 0 radical (unpaired) electrons. The van der Waals surface area contributed by atoms with Crippen LogP contribution in [-0.2, 0) is 11.3 Å². The Morgan fingerprint density at radius 3 is 2.88 bits per heavy atom. The number of hydrogen-bond donors (Lipinski definition) is 0. The molecule has 1 aromatic heterocycles. The number of hydrogen-bond acceptors (Lipinski definition) is 2. The van der Waals surface area contributed by atoms with Crippen molar-refractivity contribution in [2.45, 2.75) is 63.2 Å². The molecule has 0 N–H and O–H groups in total. The number of halogens is 1. The zero-order chi connectivity index (χ0) is 11.7. The summed E-state index contributed by atoms with van der Waals surface area (Å²) in [6, 6.07) is 0. The lowest BCUT2D eigenvalue weighted by molar-refractivity contribution is -0.0688. The molecule has 1 saturated heterocycles. The van der Waals surface area contributed by atoms with Gasteiger partial charge in [-0.3, -0.25) is 4.68 Å². The molecule has 94 valence electrons. The number of rotatable bonds is 2. The molecule has 3 nitrogen and oxygen atoms in total. The minimum absolute atomic E-state index is 0.229. The zero-order valence-electron chi connectivity index (χ0n) is 10.1. The van der Waals surface area contributed by atoms with Gasteiger partial charge in [-0.1, -0.05) is 19.3 Å². The second-order valence-electron chi connectivity index (χ2n) is 5.40. The Balaban J connectivity index is 1.60. The molecule has 0 aromatic carbocycles. The predicted molar refractivity (Wildman–Crippen MR) is 69.9 cm³/mol. The van der Waals surface area contributed by atoms with E-state index in [1.807, 2.05) is 17.1 Å². The highest BCUT2D eigenvalue weighted by molar-refractivity contribution is 9.10. The smallest absolute Gasteiger partial charge is 0.0779 e. The summed E-state index contributed by atoms with van der Waals surface area (Å²) < 4.78 is 9.35. The van der Waals surface area contributed by atoms with E-state index in [0.717, 1.165) is 11.0 Å². The third-order valence-corrected chi connectivity index (χ3v) is 4.51. The van der Waals surface area contributed by atoms with Gasteiger partial charge in [-0.15, -0.1) is 0 Å². The van der Waals surface area contributed by atoms with Crippen LogP contribution in [0.5, 0.6) is 0 Å². The Morgan fingerprint density at radius 2 is 2.18 bits per heavy atom. The van der Waals surface area contributed by atoms with Gasteiger partial charge in [-0.2, -0.15) is 5.10 Å². The third-order valence-electron chi connectivity index (χ3n) is 4.10. The molecule has 4 heteroatoms. The maximum Gasteiger partial charge on any atom is 0.0779 e. The molecule has 17 heavy (non-hydrogen) atoms. The molecule has 1 aliphatic heterocycles. The van der Waals surface area contributed by atoms with Gasteiger partial charge < -0.3 is 4.74 Å². The minimum atomic E-state index is 0.229. The minimum Gasteiger partial charge on any atom is -0.370 e. The highest BCUT2D eigenvalue weighted by Gasteiger charge is 2.40. The van der Waals surface area contributed by atoms with Crippen LogP contribution in [0.1, 0.15) is 44.9 Å². The van der Waals surface area contributed by atoms with E-state index in [4.69, 9.17) is 4.74 Å². The van der Waals surface area contributed by atoms with Gasteiger partial charge in [0.1, 0.15) is 0 Å². The van der Waals surface area contributed by atoms with Crippen molar-refractivity contribution in [3.05, 3.63) is 16.9 Å². The molecule has 1 atom stereocenters. The Bertz CT molecular complexity index is 385. The summed E-state index contributed by atoms with van der Waals surface area (Å²) in [6.07, 6.45) is 13.3. The van der Waals surface area contributed by atoms with Crippen LogP contribution in [0.15, 0.2) is 16.9 Å². The molecule has 1 aromatic rings. The molecule has 1 saturated carbocycles. The molecule has 2 heterocycles. The molecular formula is C13H19BrN2O. The van der Waals surface area contributed by atoms with Crippen LogP contribution in [0.2, 0.25) is 0 Å². The second-order valence-corrected chi connectivity index (χ2v) is 6.32. The lowest BCUT2D eigenvalue weighted by Crippen LogP contribution is -2.32. The summed E-state index contributed by atoms with van der Waals surface area (Å²) in [4.78, 5) is 0. The van der Waals surface area contributed by atoms with Crippen molar-refractivity contribution in [1.29, 1.82) is 0 Å². The van der Waals surface area contributed by atoms with Gasteiger partial charge in [0.25, 0.3) is 0 Å². The summed E-state index contributed by atoms with van der Waals surface area (Å²) in [5, 5.41) is 4.30. The van der Waals surface area contributed by atoms with Crippen molar-refractivity contribution in [1.82, 2.24) is 9.78 Å². The van der Waals surface area contributed by atoms with Crippen LogP contribution in [0.25, 0.3) is 0 Å². The van der Waals surface area contributed by atoms with Crippen LogP contribution < -0.4 is 0 Å². The van der Waals surface area contributed by atoms with E-state index in [0.29, 0.717) is 6.10 Å². The molecule has 1 unspecified atom stereocenters. The molecule has 2 aliphatic rings. The fourth-order valence-corrected chi connectivity index (χ4v) is 3.56. The van der Waals surface area contributed by atoms with Crippen molar-refractivity contribution in [3.8, 4) is 0 Å². The van der Waals surface area contributed by atoms with Gasteiger partial charge in [0.2, 0.25) is 0 Å². The standard InChI is InChI=1S/C13H19BrN2O/c14-11-8-15-16(9-11)10-12-4-7-13(17-12)5-2-1-3-6-13/h8-9,12H,1-7,10H2. The first kappa shape index (κ1) is 11.7. The molecular weight excluding hydrogens is 280 g/mol. The van der Waals surface area contributed by atoms with Gasteiger partial charge in [0.15, 0.2) is 0 Å². The summed E-state index contributed by atoms with van der Waals surface area (Å²) in [5.74, 6) is 0. The molecule has 1 aliphatic carbocycles. The fraction of sp³-hybridized carbons (Fsp3) is 0.769. The normalized spacial score (nSPS) is 27.7. The average Bonchev–Trinajstić information content (AvgIpc) is 2.89. The second kappa shape index (κ2) is 4.73. The van der Waals surface area contributed by atoms with Crippen LogP contribution in [0, 0.1) is 0 Å². The summed E-state index contributed by atoms with van der Waals surface area (Å²) in [6.45, 7) is 0.896. The average molecular weight is 299 g/mol. The van der Waals surface area contributed by atoms with Gasteiger partial charge in [-0.05, 0) is 41.6 Å². The molecule has 2 fully saturated rings.